The van der Waals surface area contributed by atoms with Crippen molar-refractivity contribution in [1.29, 1.82) is 0 Å². The number of aliphatic hydroxyl groups is 1. The number of likely N-dealkylation sites (tertiary alicyclic amines) is 1. The van der Waals surface area contributed by atoms with E-state index in [1.807, 2.05) is 19.1 Å². The fourth-order valence-electron chi connectivity index (χ4n) is 3.59. The van der Waals surface area contributed by atoms with Gasteiger partial charge >= 0.3 is 0 Å². The summed E-state index contributed by atoms with van der Waals surface area (Å²) in [5.74, 6) is -0.556. The number of carbonyl (C=O) groups is 2. The number of hydrogen-bond acceptors (Lipinski definition) is 4. The maximum absolute atomic E-state index is 12.9. The van der Waals surface area contributed by atoms with Gasteiger partial charge in [-0.25, -0.2) is 4.39 Å². The number of ketones is 2. The average molecular weight is 383 g/mol. The molecule has 1 saturated heterocycles. The smallest absolute Gasteiger partial charge is 0.194 e. The van der Waals surface area contributed by atoms with Crippen molar-refractivity contribution in [2.75, 3.05) is 19.6 Å². The summed E-state index contributed by atoms with van der Waals surface area (Å²) >= 11 is 0. The van der Waals surface area contributed by atoms with Crippen LogP contribution in [0.2, 0.25) is 0 Å². The molecule has 28 heavy (non-hydrogen) atoms. The molecule has 5 heteroatoms. The van der Waals surface area contributed by atoms with E-state index >= 15 is 0 Å². The molecule has 148 valence electrons. The van der Waals surface area contributed by atoms with Crippen LogP contribution < -0.4 is 0 Å². The van der Waals surface area contributed by atoms with Crippen LogP contribution in [0.4, 0.5) is 4.39 Å². The molecule has 0 spiro atoms. The number of rotatable bonds is 7. The highest BCUT2D eigenvalue weighted by Gasteiger charge is 2.39. The number of halogens is 1. The quantitative estimate of drug-likeness (QED) is 0.739. The Labute approximate surface area is 165 Å². The minimum Gasteiger partial charge on any atom is -0.382 e. The van der Waals surface area contributed by atoms with Gasteiger partial charge in [0.25, 0.3) is 0 Å². The zero-order valence-electron chi connectivity index (χ0n) is 16.2. The molecule has 0 saturated carbocycles. The van der Waals surface area contributed by atoms with Crippen molar-refractivity contribution in [2.45, 2.75) is 38.2 Å². The Bertz CT molecular complexity index is 822. The van der Waals surface area contributed by atoms with Crippen LogP contribution in [0.3, 0.4) is 0 Å². The summed E-state index contributed by atoms with van der Waals surface area (Å²) in [7, 11) is 0. The number of Topliss-reactive ketones (excluding diaryl/α,β-unsaturated/α-hetero) is 2. The van der Waals surface area contributed by atoms with Gasteiger partial charge in [-0.2, -0.15) is 0 Å². The highest BCUT2D eigenvalue weighted by atomic mass is 19.1. The van der Waals surface area contributed by atoms with E-state index in [0.29, 0.717) is 49.9 Å². The van der Waals surface area contributed by atoms with Crippen LogP contribution >= 0.6 is 0 Å². The second-order valence-corrected chi connectivity index (χ2v) is 7.60. The lowest BCUT2D eigenvalue weighted by molar-refractivity contribution is -0.00648. The fourth-order valence-corrected chi connectivity index (χ4v) is 3.59. The van der Waals surface area contributed by atoms with Gasteiger partial charge in [0.05, 0.1) is 0 Å². The molecule has 1 aliphatic heterocycles. The first kappa shape index (κ1) is 20.4. The zero-order valence-corrected chi connectivity index (χ0v) is 16.2. The fraction of sp³-hybridized carbons (Fsp3) is 0.391. The molecule has 1 N–H and O–H groups in total. The van der Waals surface area contributed by atoms with Gasteiger partial charge < -0.3 is 10.0 Å². The van der Waals surface area contributed by atoms with Crippen LogP contribution in [0.15, 0.2) is 48.5 Å². The third-order valence-electron chi connectivity index (χ3n) is 5.46. The molecule has 2 aromatic carbocycles. The van der Waals surface area contributed by atoms with E-state index in [0.717, 1.165) is 12.1 Å². The molecule has 0 bridgehead atoms. The Morgan fingerprint density at radius 1 is 1.00 bits per heavy atom. The summed E-state index contributed by atoms with van der Waals surface area (Å²) in [5.41, 5.74) is 0.841. The first-order chi connectivity index (χ1) is 13.4. The average Bonchev–Trinajstić information content (AvgIpc) is 2.70. The Balaban J connectivity index is 1.46. The summed E-state index contributed by atoms with van der Waals surface area (Å²) in [6, 6.07) is 12.9. The molecule has 0 aliphatic carbocycles. The Hall–Kier alpha value is -2.37. The van der Waals surface area contributed by atoms with Gasteiger partial charge in [-0.1, -0.05) is 29.8 Å². The lowest BCUT2D eigenvalue weighted by Gasteiger charge is -2.37. The molecule has 2 aromatic rings. The molecule has 0 unspecified atom stereocenters. The maximum Gasteiger partial charge on any atom is 0.194 e. The number of aryl methyl sites for hydroxylation is 1. The number of carbonyl (C=O) groups excluding carboxylic acids is 2. The summed E-state index contributed by atoms with van der Waals surface area (Å²) in [5, 5.41) is 10.8. The van der Waals surface area contributed by atoms with Gasteiger partial charge in [-0.15, -0.1) is 0 Å². The van der Waals surface area contributed by atoms with E-state index in [2.05, 4.69) is 4.90 Å². The van der Waals surface area contributed by atoms with Crippen LogP contribution in [0.25, 0.3) is 0 Å². The predicted molar refractivity (Wildman–Crippen MR) is 106 cm³/mol. The number of benzene rings is 2. The second-order valence-electron chi connectivity index (χ2n) is 7.60. The van der Waals surface area contributed by atoms with E-state index in [1.54, 1.807) is 12.1 Å². The lowest BCUT2D eigenvalue weighted by atomic mass is 9.84. The number of hydrogen-bond donors (Lipinski definition) is 1. The minimum atomic E-state index is -1.31. The third kappa shape index (κ3) is 4.91. The Morgan fingerprint density at radius 3 is 2.18 bits per heavy atom. The van der Waals surface area contributed by atoms with Crippen molar-refractivity contribution >= 4 is 11.6 Å². The van der Waals surface area contributed by atoms with Crippen molar-refractivity contribution in [1.82, 2.24) is 4.90 Å². The second kappa shape index (κ2) is 8.76. The number of nitrogens with zero attached hydrogens (tertiary/aromatic N) is 1. The van der Waals surface area contributed by atoms with Crippen molar-refractivity contribution in [3.63, 3.8) is 0 Å². The topological polar surface area (TPSA) is 57.6 Å². The van der Waals surface area contributed by atoms with Crippen LogP contribution in [0, 0.1) is 12.7 Å². The molecule has 0 radical (unpaired) electrons. The molecule has 0 atom stereocenters. The maximum atomic E-state index is 12.9. The van der Waals surface area contributed by atoms with Crippen LogP contribution in [-0.2, 0) is 0 Å². The van der Waals surface area contributed by atoms with Crippen molar-refractivity contribution in [2.24, 2.45) is 0 Å². The van der Waals surface area contributed by atoms with Crippen LogP contribution in [0.1, 0.15) is 52.0 Å². The van der Waals surface area contributed by atoms with Gasteiger partial charge in [0.15, 0.2) is 11.6 Å². The standard InChI is InChI=1S/C23H26FNO3/c1-17-4-6-19(7-5-17)22(27)23(28)12-15-25(16-13-23)14-2-3-21(26)18-8-10-20(24)11-9-18/h4-11,28H,2-3,12-16H2,1H3. The largest absolute Gasteiger partial charge is 0.382 e. The van der Waals surface area contributed by atoms with Crippen LogP contribution in [-0.4, -0.2) is 46.8 Å². The van der Waals surface area contributed by atoms with E-state index in [-0.39, 0.29) is 17.4 Å². The summed E-state index contributed by atoms with van der Waals surface area (Å²) in [6.45, 7) is 3.95. The molecule has 4 nitrogen and oxygen atoms in total. The highest BCUT2D eigenvalue weighted by molar-refractivity contribution is 6.02. The van der Waals surface area contributed by atoms with E-state index in [4.69, 9.17) is 0 Å². The monoisotopic (exact) mass is 383 g/mol. The summed E-state index contributed by atoms with van der Waals surface area (Å²) < 4.78 is 12.9. The van der Waals surface area contributed by atoms with Gasteiger partial charge in [-0.3, -0.25) is 9.59 Å². The summed E-state index contributed by atoms with van der Waals surface area (Å²) in [6.07, 6.45) is 1.88. The molecule has 0 aromatic heterocycles. The van der Waals surface area contributed by atoms with Gasteiger partial charge in [0.2, 0.25) is 0 Å². The molecular weight excluding hydrogens is 357 g/mol. The van der Waals surface area contributed by atoms with E-state index < -0.39 is 5.60 Å². The SMILES string of the molecule is Cc1ccc(C(=O)C2(O)CCN(CCCC(=O)c3ccc(F)cc3)CC2)cc1. The Kier molecular flexibility index (Phi) is 6.37. The van der Waals surface area contributed by atoms with Gasteiger partial charge in [0.1, 0.15) is 11.4 Å². The molecule has 0 amide bonds. The molecule has 1 heterocycles. The summed E-state index contributed by atoms with van der Waals surface area (Å²) in [4.78, 5) is 27.0. The minimum absolute atomic E-state index is 0.00284. The van der Waals surface area contributed by atoms with Crippen molar-refractivity contribution in [3.05, 3.63) is 71.0 Å². The van der Waals surface area contributed by atoms with E-state index in [1.165, 1.54) is 24.3 Å². The van der Waals surface area contributed by atoms with Crippen LogP contribution in [0.5, 0.6) is 0 Å². The van der Waals surface area contributed by atoms with Crippen molar-refractivity contribution in [3.8, 4) is 0 Å². The third-order valence-corrected chi connectivity index (χ3v) is 5.46. The van der Waals surface area contributed by atoms with Crippen molar-refractivity contribution < 1.29 is 19.1 Å². The highest BCUT2D eigenvalue weighted by Crippen LogP contribution is 2.27. The molecule has 3 rings (SSSR count). The first-order valence-electron chi connectivity index (χ1n) is 9.72. The number of piperidine rings is 1. The van der Waals surface area contributed by atoms with E-state index in [9.17, 15) is 19.1 Å². The van der Waals surface area contributed by atoms with Gasteiger partial charge in [0, 0.05) is 30.6 Å². The first-order valence-corrected chi connectivity index (χ1v) is 9.72. The zero-order chi connectivity index (χ0) is 20.1. The molecular formula is C23H26FNO3. The molecule has 1 aliphatic rings. The predicted octanol–water partition coefficient (Wildman–Crippen LogP) is 3.81. The molecule has 1 fully saturated rings. The Morgan fingerprint density at radius 2 is 1.57 bits per heavy atom. The lowest BCUT2D eigenvalue weighted by Crippen LogP contribution is -2.49. The van der Waals surface area contributed by atoms with Gasteiger partial charge in [-0.05, 0) is 57.0 Å². The normalized spacial score (nSPS) is 16.7.